The Bertz CT molecular complexity index is 239. The summed E-state index contributed by atoms with van der Waals surface area (Å²) < 4.78 is 0. The highest BCUT2D eigenvalue weighted by molar-refractivity contribution is 5.87. The molecular weight excluding hydrogens is 194 g/mol. The van der Waals surface area contributed by atoms with E-state index in [4.69, 9.17) is 0 Å². The molecule has 0 heterocycles. The Labute approximate surface area is 90.5 Å². The van der Waals surface area contributed by atoms with Crippen LogP contribution in [-0.4, -0.2) is 49.9 Å². The van der Waals surface area contributed by atoms with Crippen molar-refractivity contribution in [2.45, 2.75) is 13.0 Å². The van der Waals surface area contributed by atoms with Gasteiger partial charge in [0.05, 0.1) is 6.54 Å². The van der Waals surface area contributed by atoms with Crippen LogP contribution in [0.4, 0.5) is 0 Å². The number of carbonyl (C=O) groups excluding carboxylic acids is 2. The molecule has 0 aromatic carbocycles. The van der Waals surface area contributed by atoms with Gasteiger partial charge in [-0.25, -0.2) is 0 Å². The molecule has 0 rings (SSSR count). The maximum atomic E-state index is 11.4. The molecular formula is C10H19N3O2. The average Bonchev–Trinajstić information content (AvgIpc) is 2.16. The monoisotopic (exact) mass is 213 g/mol. The van der Waals surface area contributed by atoms with Crippen LogP contribution in [0.2, 0.25) is 0 Å². The summed E-state index contributed by atoms with van der Waals surface area (Å²) in [7, 11) is 3.31. The fourth-order valence-electron chi connectivity index (χ4n) is 1.03. The molecule has 0 spiro atoms. The van der Waals surface area contributed by atoms with Crippen LogP contribution >= 0.6 is 0 Å². The Morgan fingerprint density at radius 3 is 2.53 bits per heavy atom. The van der Waals surface area contributed by atoms with E-state index in [1.807, 2.05) is 0 Å². The Kier molecular flexibility index (Phi) is 6.37. The van der Waals surface area contributed by atoms with Gasteiger partial charge in [-0.3, -0.25) is 9.59 Å². The molecule has 1 atom stereocenters. The van der Waals surface area contributed by atoms with Crippen LogP contribution in [0.15, 0.2) is 12.7 Å². The Balaban J connectivity index is 3.85. The van der Waals surface area contributed by atoms with Gasteiger partial charge >= 0.3 is 0 Å². The third-order valence-electron chi connectivity index (χ3n) is 1.76. The number of carbonyl (C=O) groups is 2. The molecule has 15 heavy (non-hydrogen) atoms. The lowest BCUT2D eigenvalue weighted by atomic mass is 10.3. The molecule has 86 valence electrons. The highest BCUT2D eigenvalue weighted by atomic mass is 16.2. The van der Waals surface area contributed by atoms with Gasteiger partial charge in [-0.05, 0) is 6.92 Å². The van der Waals surface area contributed by atoms with E-state index >= 15 is 0 Å². The molecule has 0 aromatic heterocycles. The summed E-state index contributed by atoms with van der Waals surface area (Å²) in [5.41, 5.74) is 0. The predicted molar refractivity (Wildman–Crippen MR) is 59.4 cm³/mol. The van der Waals surface area contributed by atoms with Crippen LogP contribution < -0.4 is 10.6 Å². The number of hydrogen-bond acceptors (Lipinski definition) is 3. The third kappa shape index (κ3) is 5.85. The fourth-order valence-corrected chi connectivity index (χ4v) is 1.03. The van der Waals surface area contributed by atoms with Gasteiger partial charge in [-0.2, -0.15) is 0 Å². The first kappa shape index (κ1) is 13.6. The van der Waals surface area contributed by atoms with E-state index in [0.29, 0.717) is 6.54 Å². The van der Waals surface area contributed by atoms with Crippen molar-refractivity contribution >= 4 is 11.8 Å². The van der Waals surface area contributed by atoms with E-state index in [-0.39, 0.29) is 18.4 Å². The number of likely N-dealkylation sites (N-methyl/N-ethyl adjacent to an activating group) is 1. The Hall–Kier alpha value is -1.36. The van der Waals surface area contributed by atoms with Crippen LogP contribution in [-0.2, 0) is 9.59 Å². The molecule has 0 aromatic rings. The topological polar surface area (TPSA) is 61.4 Å². The van der Waals surface area contributed by atoms with Crippen LogP contribution in [0.25, 0.3) is 0 Å². The molecule has 0 saturated carbocycles. The zero-order valence-electron chi connectivity index (χ0n) is 9.54. The van der Waals surface area contributed by atoms with Crippen LogP contribution in [0, 0.1) is 0 Å². The first-order valence-electron chi connectivity index (χ1n) is 4.81. The van der Waals surface area contributed by atoms with E-state index in [2.05, 4.69) is 17.2 Å². The van der Waals surface area contributed by atoms with Crippen LogP contribution in [0.3, 0.4) is 0 Å². The second kappa shape index (κ2) is 7.00. The number of nitrogens with one attached hydrogen (secondary N) is 2. The molecule has 0 aliphatic rings. The zero-order valence-corrected chi connectivity index (χ0v) is 9.54. The molecule has 0 radical (unpaired) electrons. The summed E-state index contributed by atoms with van der Waals surface area (Å²) in [6.45, 7) is 5.94. The van der Waals surface area contributed by atoms with Crippen molar-refractivity contribution < 1.29 is 9.59 Å². The van der Waals surface area contributed by atoms with Gasteiger partial charge in [0, 0.05) is 20.6 Å². The number of rotatable bonds is 6. The second-order valence-corrected chi connectivity index (χ2v) is 3.44. The van der Waals surface area contributed by atoms with Crippen molar-refractivity contribution in [2.24, 2.45) is 0 Å². The van der Waals surface area contributed by atoms with E-state index in [1.165, 1.54) is 4.90 Å². The molecule has 0 aliphatic heterocycles. The van der Waals surface area contributed by atoms with E-state index in [1.54, 1.807) is 27.1 Å². The smallest absolute Gasteiger partial charge is 0.244 e. The molecule has 2 amide bonds. The lowest BCUT2D eigenvalue weighted by Gasteiger charge is -2.17. The Morgan fingerprint density at radius 1 is 1.47 bits per heavy atom. The average molecular weight is 213 g/mol. The largest absolute Gasteiger partial charge is 0.347 e. The summed E-state index contributed by atoms with van der Waals surface area (Å²) in [6, 6.07) is -0.488. The SMILES string of the molecule is C=CCNCC(=O)NC(C)C(=O)N(C)C. The molecule has 0 aliphatic carbocycles. The lowest BCUT2D eigenvalue weighted by molar-refractivity contribution is -0.133. The van der Waals surface area contributed by atoms with Gasteiger partial charge in [0.15, 0.2) is 0 Å². The van der Waals surface area contributed by atoms with E-state index in [9.17, 15) is 9.59 Å². The fraction of sp³-hybridized carbons (Fsp3) is 0.600. The van der Waals surface area contributed by atoms with Gasteiger partial charge in [0.2, 0.25) is 11.8 Å². The minimum atomic E-state index is -0.488. The quantitative estimate of drug-likeness (QED) is 0.455. The highest BCUT2D eigenvalue weighted by Crippen LogP contribution is 1.87. The molecule has 2 N–H and O–H groups in total. The van der Waals surface area contributed by atoms with Crippen molar-refractivity contribution in [3.05, 3.63) is 12.7 Å². The number of nitrogens with zero attached hydrogens (tertiary/aromatic N) is 1. The summed E-state index contributed by atoms with van der Waals surface area (Å²) >= 11 is 0. The number of hydrogen-bond donors (Lipinski definition) is 2. The van der Waals surface area contributed by atoms with Crippen molar-refractivity contribution in [3.8, 4) is 0 Å². The number of amides is 2. The van der Waals surface area contributed by atoms with Gasteiger partial charge in [0.25, 0.3) is 0 Å². The van der Waals surface area contributed by atoms with Gasteiger partial charge in [-0.1, -0.05) is 6.08 Å². The first-order chi connectivity index (χ1) is 6.99. The summed E-state index contributed by atoms with van der Waals surface area (Å²) in [6.07, 6.45) is 1.67. The van der Waals surface area contributed by atoms with E-state index in [0.717, 1.165) is 0 Å². The molecule has 0 bridgehead atoms. The van der Waals surface area contributed by atoms with Crippen molar-refractivity contribution in [2.75, 3.05) is 27.2 Å². The summed E-state index contributed by atoms with van der Waals surface area (Å²) in [5, 5.41) is 5.45. The van der Waals surface area contributed by atoms with E-state index < -0.39 is 6.04 Å². The molecule has 1 unspecified atom stereocenters. The minimum absolute atomic E-state index is 0.118. The Morgan fingerprint density at radius 2 is 2.07 bits per heavy atom. The maximum absolute atomic E-state index is 11.4. The van der Waals surface area contributed by atoms with Gasteiger partial charge in [-0.15, -0.1) is 6.58 Å². The molecule has 5 heteroatoms. The third-order valence-corrected chi connectivity index (χ3v) is 1.76. The van der Waals surface area contributed by atoms with Crippen molar-refractivity contribution in [1.29, 1.82) is 0 Å². The highest BCUT2D eigenvalue weighted by Gasteiger charge is 2.16. The first-order valence-corrected chi connectivity index (χ1v) is 4.81. The normalized spacial score (nSPS) is 11.7. The minimum Gasteiger partial charge on any atom is -0.347 e. The van der Waals surface area contributed by atoms with Crippen LogP contribution in [0.1, 0.15) is 6.92 Å². The standard InChI is InChI=1S/C10H19N3O2/c1-5-6-11-7-9(14)12-8(2)10(15)13(3)4/h5,8,11H,1,6-7H2,2-4H3,(H,12,14). The summed E-state index contributed by atoms with van der Waals surface area (Å²) in [5.74, 6) is -0.313. The predicted octanol–water partition coefficient (Wildman–Crippen LogP) is -0.645. The lowest BCUT2D eigenvalue weighted by Crippen LogP contribution is -2.46. The van der Waals surface area contributed by atoms with Gasteiger partial charge < -0.3 is 15.5 Å². The van der Waals surface area contributed by atoms with Crippen molar-refractivity contribution in [3.63, 3.8) is 0 Å². The molecule has 0 fully saturated rings. The summed E-state index contributed by atoms with van der Waals surface area (Å²) in [4.78, 5) is 24.1. The zero-order chi connectivity index (χ0) is 11.8. The maximum Gasteiger partial charge on any atom is 0.244 e. The van der Waals surface area contributed by atoms with Crippen molar-refractivity contribution in [1.82, 2.24) is 15.5 Å². The van der Waals surface area contributed by atoms with Gasteiger partial charge in [0.1, 0.15) is 6.04 Å². The second-order valence-electron chi connectivity index (χ2n) is 3.44. The molecule has 0 saturated heterocycles. The molecule has 5 nitrogen and oxygen atoms in total. The van der Waals surface area contributed by atoms with Crippen LogP contribution in [0.5, 0.6) is 0 Å².